The van der Waals surface area contributed by atoms with E-state index in [-0.39, 0.29) is 5.91 Å². The van der Waals surface area contributed by atoms with E-state index in [4.69, 9.17) is 4.74 Å². The summed E-state index contributed by atoms with van der Waals surface area (Å²) in [6.45, 7) is 6.17. The van der Waals surface area contributed by atoms with Gasteiger partial charge in [0, 0.05) is 55.7 Å². The summed E-state index contributed by atoms with van der Waals surface area (Å²) in [7, 11) is 0. The Hall–Kier alpha value is -4.21. The molecule has 0 aliphatic carbocycles. The van der Waals surface area contributed by atoms with Gasteiger partial charge < -0.3 is 15.4 Å². The van der Waals surface area contributed by atoms with Crippen molar-refractivity contribution in [3.63, 3.8) is 0 Å². The molecule has 9 heteroatoms. The Balaban J connectivity index is 1.23. The van der Waals surface area contributed by atoms with Crippen molar-refractivity contribution >= 4 is 23.4 Å². The molecule has 0 unspecified atom stereocenters. The normalized spacial score (nSPS) is 13.8. The van der Waals surface area contributed by atoms with Crippen LogP contribution in [0.3, 0.4) is 0 Å². The number of aryl methyl sites for hydroxylation is 1. The molecular weight excluding hydrogens is 454 g/mol. The number of aromatic nitrogens is 4. The molecule has 1 aliphatic rings. The lowest BCUT2D eigenvalue weighted by molar-refractivity contribution is 0.0342. The molecule has 3 aromatic heterocycles. The number of carbonyl (C=O) groups excluding carboxylic acids is 1. The number of amides is 1. The average molecular weight is 482 g/mol. The van der Waals surface area contributed by atoms with Crippen LogP contribution in [-0.4, -0.2) is 57.0 Å². The van der Waals surface area contributed by atoms with Crippen molar-refractivity contribution in [1.82, 2.24) is 24.8 Å². The van der Waals surface area contributed by atoms with Crippen LogP contribution < -0.4 is 10.6 Å². The molecule has 0 bridgehead atoms. The van der Waals surface area contributed by atoms with Gasteiger partial charge in [-0.05, 0) is 54.4 Å². The summed E-state index contributed by atoms with van der Waals surface area (Å²) in [5, 5.41) is 6.11. The van der Waals surface area contributed by atoms with Crippen molar-refractivity contribution in [1.29, 1.82) is 0 Å². The van der Waals surface area contributed by atoms with Gasteiger partial charge in [-0.2, -0.15) is 0 Å². The van der Waals surface area contributed by atoms with Crippen molar-refractivity contribution in [2.45, 2.75) is 13.5 Å². The van der Waals surface area contributed by atoms with Crippen LogP contribution >= 0.6 is 0 Å². The zero-order chi connectivity index (χ0) is 24.7. The number of rotatable bonds is 7. The molecule has 2 N–H and O–H groups in total. The zero-order valence-electron chi connectivity index (χ0n) is 20.0. The number of ether oxygens (including phenoxy) is 1. The van der Waals surface area contributed by atoms with E-state index in [0.717, 1.165) is 60.9 Å². The monoisotopic (exact) mass is 481 g/mol. The lowest BCUT2D eigenvalue weighted by Gasteiger charge is -2.26. The van der Waals surface area contributed by atoms with Crippen LogP contribution in [-0.2, 0) is 11.3 Å². The number of pyridine rings is 2. The molecule has 1 amide bonds. The quantitative estimate of drug-likeness (QED) is 0.407. The van der Waals surface area contributed by atoms with Gasteiger partial charge >= 0.3 is 0 Å². The lowest BCUT2D eigenvalue weighted by atomic mass is 10.1. The molecule has 0 spiro atoms. The van der Waals surface area contributed by atoms with E-state index < -0.39 is 0 Å². The number of hydrogen-bond donors (Lipinski definition) is 2. The van der Waals surface area contributed by atoms with Gasteiger partial charge in [-0.3, -0.25) is 14.7 Å². The Morgan fingerprint density at radius 1 is 1.03 bits per heavy atom. The maximum Gasteiger partial charge on any atom is 0.257 e. The fourth-order valence-corrected chi connectivity index (χ4v) is 3.92. The molecule has 36 heavy (non-hydrogen) atoms. The summed E-state index contributed by atoms with van der Waals surface area (Å²) in [4.78, 5) is 32.5. The minimum atomic E-state index is -0.213. The van der Waals surface area contributed by atoms with Crippen molar-refractivity contribution in [2.75, 3.05) is 36.9 Å². The predicted molar refractivity (Wildman–Crippen MR) is 138 cm³/mol. The van der Waals surface area contributed by atoms with Gasteiger partial charge in [-0.1, -0.05) is 12.1 Å². The number of nitrogens with one attached hydrogen (secondary N) is 2. The molecule has 1 saturated heterocycles. The second kappa shape index (κ2) is 11.0. The van der Waals surface area contributed by atoms with Crippen molar-refractivity contribution in [3.8, 4) is 11.3 Å². The van der Waals surface area contributed by atoms with Gasteiger partial charge in [-0.15, -0.1) is 0 Å². The predicted octanol–water partition coefficient (Wildman–Crippen LogP) is 4.07. The highest BCUT2D eigenvalue weighted by Crippen LogP contribution is 2.21. The third-order valence-corrected chi connectivity index (χ3v) is 5.94. The third kappa shape index (κ3) is 5.88. The summed E-state index contributed by atoms with van der Waals surface area (Å²) in [5.74, 6) is 0.739. The number of benzene rings is 1. The summed E-state index contributed by atoms with van der Waals surface area (Å²) >= 11 is 0. The van der Waals surface area contributed by atoms with Gasteiger partial charge in [0.1, 0.15) is 5.82 Å². The van der Waals surface area contributed by atoms with Crippen LogP contribution in [0.4, 0.5) is 17.5 Å². The highest BCUT2D eigenvalue weighted by atomic mass is 16.5. The molecule has 0 saturated carbocycles. The molecule has 0 radical (unpaired) electrons. The zero-order valence-corrected chi connectivity index (χ0v) is 20.0. The van der Waals surface area contributed by atoms with Gasteiger partial charge in [0.2, 0.25) is 5.95 Å². The van der Waals surface area contributed by atoms with Crippen LogP contribution in [0.5, 0.6) is 0 Å². The van der Waals surface area contributed by atoms with Crippen molar-refractivity contribution in [2.24, 2.45) is 0 Å². The third-order valence-electron chi connectivity index (χ3n) is 5.94. The van der Waals surface area contributed by atoms with Crippen molar-refractivity contribution in [3.05, 3.63) is 90.0 Å². The van der Waals surface area contributed by atoms with Gasteiger partial charge in [0.15, 0.2) is 0 Å². The molecule has 1 fully saturated rings. The fourth-order valence-electron chi connectivity index (χ4n) is 3.92. The SMILES string of the molecule is Cc1ccc(CN2CCOCC2)cc1NC(=O)c1ccc(Nc2nccc(-c3cccnc3)n2)nc1. The summed E-state index contributed by atoms with van der Waals surface area (Å²) in [6.07, 6.45) is 6.68. The van der Waals surface area contributed by atoms with Gasteiger partial charge in [0.25, 0.3) is 5.91 Å². The number of anilines is 3. The fraction of sp³-hybridized carbons (Fsp3) is 0.222. The van der Waals surface area contributed by atoms with Crippen LogP contribution in [0.2, 0.25) is 0 Å². The topological polar surface area (TPSA) is 105 Å². The summed E-state index contributed by atoms with van der Waals surface area (Å²) in [5.41, 5.74) is 5.07. The molecule has 4 aromatic rings. The largest absolute Gasteiger partial charge is 0.379 e. The Bertz CT molecular complexity index is 1320. The van der Waals surface area contributed by atoms with E-state index >= 15 is 0 Å². The van der Waals surface area contributed by atoms with Gasteiger partial charge in [0.05, 0.1) is 24.5 Å². The molecule has 1 aromatic carbocycles. The maximum absolute atomic E-state index is 12.9. The maximum atomic E-state index is 12.9. The molecule has 5 rings (SSSR count). The smallest absolute Gasteiger partial charge is 0.257 e. The number of carbonyl (C=O) groups is 1. The minimum Gasteiger partial charge on any atom is -0.379 e. The lowest BCUT2D eigenvalue weighted by Crippen LogP contribution is -2.35. The first-order valence-corrected chi connectivity index (χ1v) is 11.8. The summed E-state index contributed by atoms with van der Waals surface area (Å²) in [6, 6.07) is 15.3. The first-order chi connectivity index (χ1) is 17.6. The summed E-state index contributed by atoms with van der Waals surface area (Å²) < 4.78 is 5.43. The van der Waals surface area contributed by atoms with Crippen LogP contribution in [0.25, 0.3) is 11.3 Å². The number of hydrogen-bond acceptors (Lipinski definition) is 8. The second-order valence-electron chi connectivity index (χ2n) is 8.56. The first-order valence-electron chi connectivity index (χ1n) is 11.8. The highest BCUT2D eigenvalue weighted by molar-refractivity contribution is 6.04. The van der Waals surface area contributed by atoms with E-state index in [2.05, 4.69) is 41.5 Å². The Morgan fingerprint density at radius 2 is 1.92 bits per heavy atom. The van der Waals surface area contributed by atoms with E-state index in [9.17, 15) is 4.79 Å². The molecular formula is C27H27N7O2. The highest BCUT2D eigenvalue weighted by Gasteiger charge is 2.13. The van der Waals surface area contributed by atoms with E-state index in [1.807, 2.05) is 37.3 Å². The molecule has 1 aliphatic heterocycles. The van der Waals surface area contributed by atoms with Crippen molar-refractivity contribution < 1.29 is 9.53 Å². The van der Waals surface area contributed by atoms with Crippen LogP contribution in [0.15, 0.2) is 73.3 Å². The molecule has 4 heterocycles. The second-order valence-corrected chi connectivity index (χ2v) is 8.56. The molecule has 182 valence electrons. The van der Waals surface area contributed by atoms with Crippen LogP contribution in [0.1, 0.15) is 21.5 Å². The Morgan fingerprint density at radius 3 is 2.69 bits per heavy atom. The first kappa shape index (κ1) is 23.5. The number of morpholine rings is 1. The molecule has 0 atom stereocenters. The Kier molecular flexibility index (Phi) is 7.20. The Labute approximate surface area is 209 Å². The van der Waals surface area contributed by atoms with E-state index in [0.29, 0.717) is 17.3 Å². The standard InChI is InChI=1S/C27H27N7O2/c1-19-4-5-20(18-34-11-13-36-14-12-34)15-24(19)31-26(35)22-6-7-25(30-17-22)33-27-29-10-8-23(32-27)21-3-2-9-28-16-21/h2-10,15-17H,11-14,18H2,1H3,(H,31,35)(H,29,30,32,33). The van der Waals surface area contributed by atoms with Crippen LogP contribution in [0, 0.1) is 6.92 Å². The van der Waals surface area contributed by atoms with Gasteiger partial charge in [-0.25, -0.2) is 15.0 Å². The number of nitrogens with zero attached hydrogens (tertiary/aromatic N) is 5. The molecule has 9 nitrogen and oxygen atoms in total. The van der Waals surface area contributed by atoms with E-state index in [1.165, 1.54) is 6.20 Å². The minimum absolute atomic E-state index is 0.213. The van der Waals surface area contributed by atoms with E-state index in [1.54, 1.807) is 30.7 Å². The average Bonchev–Trinajstić information content (AvgIpc) is 2.92.